The molecule has 0 spiro atoms. The van der Waals surface area contributed by atoms with Gasteiger partial charge in [0, 0.05) is 46.9 Å². The van der Waals surface area contributed by atoms with Crippen LogP contribution in [0.1, 0.15) is 30.0 Å². The van der Waals surface area contributed by atoms with Crippen LogP contribution in [0.25, 0.3) is 21.8 Å². The molecule has 0 fully saturated rings. The van der Waals surface area contributed by atoms with E-state index in [0.29, 0.717) is 12.0 Å². The van der Waals surface area contributed by atoms with Crippen LogP contribution < -0.4 is 4.74 Å². The molecule has 31 heavy (non-hydrogen) atoms. The summed E-state index contributed by atoms with van der Waals surface area (Å²) in [6.07, 6.45) is 5.00. The molecule has 0 bridgehead atoms. The van der Waals surface area contributed by atoms with E-state index in [0.717, 1.165) is 32.9 Å². The first kappa shape index (κ1) is 20.4. The Morgan fingerprint density at radius 2 is 2.00 bits per heavy atom. The summed E-state index contributed by atoms with van der Waals surface area (Å²) >= 11 is 0. The van der Waals surface area contributed by atoms with Crippen LogP contribution in [0.15, 0.2) is 48.9 Å². The third kappa shape index (κ3) is 4.49. The van der Waals surface area contributed by atoms with Crippen molar-refractivity contribution in [2.24, 2.45) is 0 Å². The van der Waals surface area contributed by atoms with Crippen LogP contribution in [0.2, 0.25) is 0 Å². The lowest BCUT2D eigenvalue weighted by Gasteiger charge is -2.10. The molecule has 1 aromatic carbocycles. The van der Waals surface area contributed by atoms with Gasteiger partial charge in [0.25, 0.3) is 0 Å². The Balaban J connectivity index is 1.79. The average molecular weight is 415 g/mol. The van der Waals surface area contributed by atoms with E-state index >= 15 is 0 Å². The number of carbonyl (C=O) groups excluding carboxylic acids is 1. The van der Waals surface area contributed by atoms with Gasteiger partial charge in [0.1, 0.15) is 0 Å². The van der Waals surface area contributed by atoms with Crippen molar-refractivity contribution in [3.05, 3.63) is 65.6 Å². The molecular weight excluding hydrogens is 394 g/mol. The molecule has 0 unspecified atom stereocenters. The third-order valence-corrected chi connectivity index (χ3v) is 4.60. The van der Waals surface area contributed by atoms with Gasteiger partial charge in [-0.3, -0.25) is 4.98 Å². The first-order valence-electron chi connectivity index (χ1n) is 9.88. The highest BCUT2D eigenvalue weighted by molar-refractivity contribution is 6.09. The zero-order chi connectivity index (χ0) is 21.6. The number of aromatic nitrogens is 3. The van der Waals surface area contributed by atoms with Gasteiger partial charge in [-0.2, -0.15) is 0 Å². The fourth-order valence-electron chi connectivity index (χ4n) is 3.26. The van der Waals surface area contributed by atoms with E-state index in [-0.39, 0.29) is 19.1 Å². The number of aromatic amines is 1. The van der Waals surface area contributed by atoms with Crippen molar-refractivity contribution in [1.82, 2.24) is 15.0 Å². The standard InChI is InChI=1S/C24H21N3O4/c1-3-11-30-24(28)31-23-19(15-29-2)22-18-12-16(6-7-17-5-4-10-25-13-17)8-9-20(18)27-21(22)14-26-23/h4-5,8-10,12-14,27H,3,11,15H2,1-2H3. The Labute approximate surface area is 179 Å². The largest absolute Gasteiger partial charge is 0.515 e. The number of benzene rings is 1. The lowest BCUT2D eigenvalue weighted by molar-refractivity contribution is 0.0960. The van der Waals surface area contributed by atoms with Crippen LogP contribution in [-0.2, 0) is 16.1 Å². The average Bonchev–Trinajstić information content (AvgIpc) is 3.17. The number of pyridine rings is 2. The number of fused-ring (bicyclic) bond motifs is 3. The third-order valence-electron chi connectivity index (χ3n) is 4.60. The van der Waals surface area contributed by atoms with Crippen molar-refractivity contribution < 1.29 is 19.0 Å². The molecule has 0 radical (unpaired) electrons. The Hall–Kier alpha value is -3.89. The van der Waals surface area contributed by atoms with Crippen molar-refractivity contribution in [2.75, 3.05) is 13.7 Å². The van der Waals surface area contributed by atoms with Gasteiger partial charge in [-0.25, -0.2) is 9.78 Å². The maximum atomic E-state index is 12.0. The van der Waals surface area contributed by atoms with Gasteiger partial charge in [0.15, 0.2) is 0 Å². The number of H-pyrrole nitrogens is 1. The number of nitrogens with one attached hydrogen (secondary N) is 1. The maximum absolute atomic E-state index is 12.0. The van der Waals surface area contributed by atoms with Gasteiger partial charge >= 0.3 is 6.16 Å². The molecule has 3 heterocycles. The number of ether oxygens (including phenoxy) is 3. The van der Waals surface area contributed by atoms with Crippen LogP contribution in [0.5, 0.6) is 5.88 Å². The summed E-state index contributed by atoms with van der Waals surface area (Å²) in [7, 11) is 1.58. The SMILES string of the molecule is CCCOC(=O)Oc1ncc2[nH]c3ccc(C#Cc4cccnc4)cc3c2c1COC. The van der Waals surface area contributed by atoms with Crippen LogP contribution in [0.3, 0.4) is 0 Å². The monoisotopic (exact) mass is 415 g/mol. The molecule has 0 aliphatic heterocycles. The predicted octanol–water partition coefficient (Wildman–Crippen LogP) is 4.58. The van der Waals surface area contributed by atoms with Crippen LogP contribution >= 0.6 is 0 Å². The number of methoxy groups -OCH3 is 1. The summed E-state index contributed by atoms with van der Waals surface area (Å²) < 4.78 is 15.8. The molecule has 156 valence electrons. The van der Waals surface area contributed by atoms with Crippen LogP contribution in [0.4, 0.5) is 4.79 Å². The van der Waals surface area contributed by atoms with Crippen LogP contribution in [-0.4, -0.2) is 34.8 Å². The number of carbonyl (C=O) groups is 1. The Morgan fingerprint density at radius 1 is 1.13 bits per heavy atom. The molecule has 0 saturated heterocycles. The second-order valence-corrected chi connectivity index (χ2v) is 6.84. The number of rotatable bonds is 5. The first-order valence-corrected chi connectivity index (χ1v) is 9.88. The van der Waals surface area contributed by atoms with Gasteiger partial charge < -0.3 is 19.2 Å². The molecular formula is C24H21N3O4. The second kappa shape index (κ2) is 9.28. The van der Waals surface area contributed by atoms with Gasteiger partial charge in [-0.1, -0.05) is 18.8 Å². The van der Waals surface area contributed by atoms with E-state index in [1.165, 1.54) is 0 Å². The Kier molecular flexibility index (Phi) is 6.11. The summed E-state index contributed by atoms with van der Waals surface area (Å²) in [5.74, 6) is 6.46. The normalized spacial score (nSPS) is 10.6. The highest BCUT2D eigenvalue weighted by Crippen LogP contribution is 2.33. The molecule has 3 aromatic heterocycles. The summed E-state index contributed by atoms with van der Waals surface area (Å²) in [5.41, 5.74) is 4.09. The lowest BCUT2D eigenvalue weighted by atomic mass is 10.1. The van der Waals surface area contributed by atoms with Crippen LogP contribution in [0, 0.1) is 11.8 Å². The topological polar surface area (TPSA) is 86.3 Å². The fraction of sp³-hybridized carbons (Fsp3) is 0.208. The predicted molar refractivity (Wildman–Crippen MR) is 117 cm³/mol. The summed E-state index contributed by atoms with van der Waals surface area (Å²) in [6, 6.07) is 9.67. The molecule has 1 N–H and O–H groups in total. The van der Waals surface area contributed by atoms with Crippen molar-refractivity contribution in [3.63, 3.8) is 0 Å². The Morgan fingerprint density at radius 3 is 2.77 bits per heavy atom. The van der Waals surface area contributed by atoms with Gasteiger partial charge in [-0.05, 0) is 36.8 Å². The summed E-state index contributed by atoms with van der Waals surface area (Å²) in [6.45, 7) is 2.42. The molecule has 0 aliphatic rings. The van der Waals surface area contributed by atoms with E-state index in [2.05, 4.69) is 26.8 Å². The van der Waals surface area contributed by atoms with Crippen molar-refractivity contribution >= 4 is 28.0 Å². The quantitative estimate of drug-likeness (QED) is 0.379. The molecule has 0 atom stereocenters. The summed E-state index contributed by atoms with van der Waals surface area (Å²) in [4.78, 5) is 23.7. The molecule has 4 rings (SSSR count). The molecule has 0 amide bonds. The molecule has 7 nitrogen and oxygen atoms in total. The minimum atomic E-state index is -0.783. The minimum Gasteiger partial charge on any atom is -0.434 e. The van der Waals surface area contributed by atoms with E-state index in [9.17, 15) is 4.79 Å². The van der Waals surface area contributed by atoms with Crippen molar-refractivity contribution in [1.29, 1.82) is 0 Å². The van der Waals surface area contributed by atoms with E-state index < -0.39 is 6.16 Å². The molecule has 7 heteroatoms. The highest BCUT2D eigenvalue weighted by Gasteiger charge is 2.18. The zero-order valence-electron chi connectivity index (χ0n) is 17.3. The van der Waals surface area contributed by atoms with Crippen molar-refractivity contribution in [2.45, 2.75) is 20.0 Å². The summed E-state index contributed by atoms with van der Waals surface area (Å²) in [5, 5.41) is 1.81. The fourth-order valence-corrected chi connectivity index (χ4v) is 3.26. The second-order valence-electron chi connectivity index (χ2n) is 6.84. The van der Waals surface area contributed by atoms with E-state index in [1.54, 1.807) is 25.7 Å². The molecule has 0 aliphatic carbocycles. The smallest absolute Gasteiger partial charge is 0.434 e. The minimum absolute atomic E-state index is 0.170. The number of nitrogens with zero attached hydrogens (tertiary/aromatic N) is 2. The van der Waals surface area contributed by atoms with Gasteiger partial charge in [-0.15, -0.1) is 0 Å². The van der Waals surface area contributed by atoms with E-state index in [1.807, 2.05) is 37.3 Å². The lowest BCUT2D eigenvalue weighted by Crippen LogP contribution is -2.13. The Bertz CT molecular complexity index is 1290. The molecule has 0 saturated carbocycles. The number of hydrogen-bond donors (Lipinski definition) is 1. The first-order chi connectivity index (χ1) is 15.2. The number of hydrogen-bond acceptors (Lipinski definition) is 6. The van der Waals surface area contributed by atoms with Gasteiger partial charge in [0.2, 0.25) is 5.88 Å². The van der Waals surface area contributed by atoms with Crippen molar-refractivity contribution in [3.8, 4) is 17.7 Å². The zero-order valence-corrected chi connectivity index (χ0v) is 17.3. The molecule has 4 aromatic rings. The highest BCUT2D eigenvalue weighted by atomic mass is 16.7. The van der Waals surface area contributed by atoms with E-state index in [4.69, 9.17) is 14.2 Å². The maximum Gasteiger partial charge on any atom is 0.515 e. The van der Waals surface area contributed by atoms with Gasteiger partial charge in [0.05, 0.1) is 30.5 Å².